The second kappa shape index (κ2) is 9.50. The van der Waals surface area contributed by atoms with Crippen molar-refractivity contribution in [3.05, 3.63) is 95.6 Å². The number of hydrazone groups is 1. The highest BCUT2D eigenvalue weighted by molar-refractivity contribution is 7.80. The minimum atomic E-state index is 0.490. The predicted molar refractivity (Wildman–Crippen MR) is 114 cm³/mol. The number of rotatable bonds is 6. The van der Waals surface area contributed by atoms with E-state index in [-0.39, 0.29) is 0 Å². The van der Waals surface area contributed by atoms with E-state index < -0.39 is 0 Å². The molecule has 0 aliphatic carbocycles. The fraction of sp³-hybridized carbons (Fsp3) is 0.0909. The van der Waals surface area contributed by atoms with Crippen LogP contribution in [0.1, 0.15) is 16.7 Å². The minimum absolute atomic E-state index is 0.490. The lowest BCUT2D eigenvalue weighted by Crippen LogP contribution is -2.82. The van der Waals surface area contributed by atoms with Crippen LogP contribution in [0.2, 0.25) is 0 Å². The van der Waals surface area contributed by atoms with Crippen molar-refractivity contribution in [2.75, 3.05) is 5.32 Å². The number of para-hydroxylation sites is 1. The molecular weight excluding hydrogens is 354 g/mol. The standard InChI is InChI=1S/C22H21N3OS/c1-17-10-12-18(13-11-17)16-26-21-9-5-6-19(14-21)15-23-25-22(27)24-20-7-3-2-4-8-20/h2-15H,16H2,1H3,(H2,24,25,27)/p+1. The summed E-state index contributed by atoms with van der Waals surface area (Å²) in [6.07, 6.45) is 1.83. The molecule has 3 rings (SSSR count). The maximum Gasteiger partial charge on any atom is 0.228 e. The summed E-state index contributed by atoms with van der Waals surface area (Å²) in [5.74, 6) is 0.816. The molecule has 0 aromatic heterocycles. The van der Waals surface area contributed by atoms with Gasteiger partial charge in [0.1, 0.15) is 12.4 Å². The first-order valence-corrected chi connectivity index (χ1v) is 9.09. The number of hydrogen-bond donors (Lipinski definition) is 3. The molecule has 3 aromatic rings. The largest absolute Gasteiger partial charge is 0.489 e. The van der Waals surface area contributed by atoms with Crippen LogP contribution in [0.3, 0.4) is 0 Å². The van der Waals surface area contributed by atoms with Gasteiger partial charge in [0.05, 0.1) is 0 Å². The Balaban J connectivity index is 1.51. The topological polar surface area (TPSA) is 47.3 Å². The van der Waals surface area contributed by atoms with Crippen LogP contribution in [0.4, 0.5) is 5.69 Å². The molecule has 27 heavy (non-hydrogen) atoms. The molecule has 0 bridgehead atoms. The van der Waals surface area contributed by atoms with Gasteiger partial charge in [-0.3, -0.25) is 0 Å². The average molecular weight is 377 g/mol. The van der Waals surface area contributed by atoms with Gasteiger partial charge in [-0.2, -0.15) is 0 Å². The van der Waals surface area contributed by atoms with E-state index in [1.54, 1.807) is 0 Å². The third-order valence-electron chi connectivity index (χ3n) is 3.84. The van der Waals surface area contributed by atoms with Crippen LogP contribution < -0.4 is 20.6 Å². The van der Waals surface area contributed by atoms with Crippen molar-refractivity contribution in [3.8, 4) is 5.75 Å². The second-order valence-corrected chi connectivity index (χ2v) is 6.49. The zero-order chi connectivity index (χ0) is 18.9. The minimum Gasteiger partial charge on any atom is -0.489 e. The Morgan fingerprint density at radius 3 is 2.56 bits per heavy atom. The number of nitrogens with one attached hydrogen (secondary N) is 3. The summed E-state index contributed by atoms with van der Waals surface area (Å²) in [6.45, 7) is 2.62. The van der Waals surface area contributed by atoms with E-state index in [1.165, 1.54) is 5.56 Å². The molecule has 0 amide bonds. The van der Waals surface area contributed by atoms with Crippen LogP contribution in [0.25, 0.3) is 0 Å². The van der Waals surface area contributed by atoms with Gasteiger partial charge >= 0.3 is 0 Å². The smallest absolute Gasteiger partial charge is 0.228 e. The van der Waals surface area contributed by atoms with Gasteiger partial charge in [-0.05, 0) is 55.0 Å². The third-order valence-corrected chi connectivity index (χ3v) is 4.04. The molecule has 0 aliphatic rings. The molecule has 4 nitrogen and oxygen atoms in total. The van der Waals surface area contributed by atoms with Crippen molar-refractivity contribution in [1.82, 2.24) is 5.43 Å². The molecule has 0 aliphatic heterocycles. The summed E-state index contributed by atoms with van der Waals surface area (Å²) in [7, 11) is 0. The van der Waals surface area contributed by atoms with E-state index in [9.17, 15) is 0 Å². The van der Waals surface area contributed by atoms with Crippen LogP contribution >= 0.6 is 12.2 Å². The molecule has 0 saturated heterocycles. The van der Waals surface area contributed by atoms with Gasteiger partial charge in [0.15, 0.2) is 6.21 Å². The Labute approximate surface area is 164 Å². The van der Waals surface area contributed by atoms with Crippen LogP contribution in [0.5, 0.6) is 5.75 Å². The number of hydrogen-bond acceptors (Lipinski definition) is 2. The van der Waals surface area contributed by atoms with Crippen molar-refractivity contribution >= 4 is 29.2 Å². The summed E-state index contributed by atoms with van der Waals surface area (Å²) in [5.41, 5.74) is 7.24. The Morgan fingerprint density at radius 2 is 1.78 bits per heavy atom. The van der Waals surface area contributed by atoms with Gasteiger partial charge < -0.3 is 10.1 Å². The molecule has 136 valence electrons. The molecule has 3 aromatic carbocycles. The fourth-order valence-electron chi connectivity index (χ4n) is 2.41. The Morgan fingerprint density at radius 1 is 1.00 bits per heavy atom. The van der Waals surface area contributed by atoms with E-state index in [4.69, 9.17) is 17.0 Å². The number of hydrazine groups is 1. The third kappa shape index (κ3) is 6.24. The predicted octanol–water partition coefficient (Wildman–Crippen LogP) is 2.98. The molecular formula is C22H22N3OS+. The van der Waals surface area contributed by atoms with Gasteiger partial charge in [-0.25, -0.2) is 0 Å². The molecule has 0 heterocycles. The molecule has 0 radical (unpaired) electrons. The first-order chi connectivity index (χ1) is 13.2. The van der Waals surface area contributed by atoms with Crippen molar-refractivity contribution < 1.29 is 9.84 Å². The maximum absolute atomic E-state index is 5.87. The van der Waals surface area contributed by atoms with Crippen molar-refractivity contribution in [2.24, 2.45) is 0 Å². The van der Waals surface area contributed by atoms with E-state index >= 15 is 0 Å². The molecule has 0 unspecified atom stereocenters. The van der Waals surface area contributed by atoms with Crippen LogP contribution in [-0.4, -0.2) is 11.3 Å². The Bertz CT molecular complexity index is 908. The highest BCUT2D eigenvalue weighted by atomic mass is 32.1. The molecule has 0 atom stereocenters. The van der Waals surface area contributed by atoms with Gasteiger partial charge in [0, 0.05) is 11.3 Å². The van der Waals surface area contributed by atoms with Gasteiger partial charge in [-0.1, -0.05) is 54.1 Å². The summed E-state index contributed by atoms with van der Waals surface area (Å²) in [4.78, 5) is 0. The molecule has 0 fully saturated rings. The zero-order valence-corrected chi connectivity index (χ0v) is 15.9. The van der Waals surface area contributed by atoms with Gasteiger partial charge in [0.2, 0.25) is 5.11 Å². The maximum atomic E-state index is 5.87. The van der Waals surface area contributed by atoms with Crippen LogP contribution in [-0.2, 0) is 6.61 Å². The van der Waals surface area contributed by atoms with Gasteiger partial charge in [-0.15, -0.1) is 10.5 Å². The van der Waals surface area contributed by atoms with E-state index in [2.05, 4.69) is 47.0 Å². The van der Waals surface area contributed by atoms with Crippen molar-refractivity contribution in [3.63, 3.8) is 0 Å². The molecule has 0 saturated carbocycles. The monoisotopic (exact) mass is 376 g/mol. The number of ether oxygens (including phenoxy) is 1. The highest BCUT2D eigenvalue weighted by Gasteiger charge is 2.00. The molecule has 0 spiro atoms. The zero-order valence-electron chi connectivity index (χ0n) is 15.1. The lowest BCUT2D eigenvalue weighted by molar-refractivity contribution is -0.499. The summed E-state index contributed by atoms with van der Waals surface area (Å²) < 4.78 is 5.87. The Hall–Kier alpha value is -3.18. The van der Waals surface area contributed by atoms with Crippen molar-refractivity contribution in [1.29, 1.82) is 0 Å². The van der Waals surface area contributed by atoms with E-state index in [0.717, 1.165) is 22.6 Å². The summed E-state index contributed by atoms with van der Waals surface area (Å²) in [6, 6.07) is 26.0. The highest BCUT2D eigenvalue weighted by Crippen LogP contribution is 2.14. The van der Waals surface area contributed by atoms with Crippen molar-refractivity contribution in [2.45, 2.75) is 13.5 Å². The van der Waals surface area contributed by atoms with E-state index in [0.29, 0.717) is 11.7 Å². The number of aryl methyl sites for hydroxylation is 1. The average Bonchev–Trinajstić information content (AvgIpc) is 2.69. The summed E-state index contributed by atoms with van der Waals surface area (Å²) in [5, 5.41) is 6.58. The molecule has 5 heteroatoms. The normalized spacial score (nSPS) is 10.6. The summed E-state index contributed by atoms with van der Waals surface area (Å²) >= 11 is 5.25. The Kier molecular flexibility index (Phi) is 6.55. The first-order valence-electron chi connectivity index (χ1n) is 8.68. The fourth-order valence-corrected chi connectivity index (χ4v) is 2.59. The quantitative estimate of drug-likeness (QED) is 0.352. The number of anilines is 1. The second-order valence-electron chi connectivity index (χ2n) is 6.08. The van der Waals surface area contributed by atoms with E-state index in [1.807, 2.05) is 60.8 Å². The van der Waals surface area contributed by atoms with Gasteiger partial charge in [0.25, 0.3) is 0 Å². The first kappa shape index (κ1) is 18.6. The number of benzene rings is 3. The SMILES string of the molecule is Cc1ccc(COc2cccc(C=[NH+]NC(=S)Nc3ccccc3)c2)cc1. The van der Waals surface area contributed by atoms with Crippen LogP contribution in [0.15, 0.2) is 78.9 Å². The number of thiocarbonyl (C=S) groups is 1. The lowest BCUT2D eigenvalue weighted by atomic mass is 10.2. The lowest BCUT2D eigenvalue weighted by Gasteiger charge is -2.07. The van der Waals surface area contributed by atoms with Crippen LogP contribution in [0, 0.1) is 6.92 Å². The molecule has 3 N–H and O–H groups in total.